The van der Waals surface area contributed by atoms with E-state index < -0.39 is 0 Å². The second-order valence-corrected chi connectivity index (χ2v) is 6.55. The lowest BCUT2D eigenvalue weighted by atomic mass is 9.91. The summed E-state index contributed by atoms with van der Waals surface area (Å²) in [5.74, 6) is 1.89. The van der Waals surface area contributed by atoms with Gasteiger partial charge in [0.05, 0.1) is 0 Å². The standard InChI is InChI=1S/C21H22N4O2/c1-2-16-13-23-20(24-16)21(27)25-18-10-8-14(9-11-19(22)26)12-17(18)15-6-4-3-5-7-15/h1,6,8,10,12-13H,3-5,7,9,11H2,(H2,22,26)(H,23,24)(H,25,27). The number of aryl methyl sites for hydroxylation is 1. The Morgan fingerprint density at radius 3 is 2.85 bits per heavy atom. The number of H-pyrrole nitrogens is 1. The number of nitrogens with zero attached hydrogens (tertiary/aromatic N) is 1. The van der Waals surface area contributed by atoms with E-state index in [0.717, 1.165) is 36.1 Å². The molecule has 4 N–H and O–H groups in total. The van der Waals surface area contributed by atoms with E-state index in [4.69, 9.17) is 12.2 Å². The molecule has 1 aliphatic rings. The van der Waals surface area contributed by atoms with Crippen LogP contribution in [0.5, 0.6) is 0 Å². The van der Waals surface area contributed by atoms with Gasteiger partial charge in [0.1, 0.15) is 5.69 Å². The number of imidazole rings is 1. The van der Waals surface area contributed by atoms with E-state index in [9.17, 15) is 9.59 Å². The molecule has 1 aromatic carbocycles. The molecule has 6 nitrogen and oxygen atoms in total. The van der Waals surface area contributed by atoms with Crippen molar-refractivity contribution in [2.45, 2.75) is 38.5 Å². The molecular weight excluding hydrogens is 340 g/mol. The van der Waals surface area contributed by atoms with Crippen LogP contribution in [0.1, 0.15) is 59.5 Å². The van der Waals surface area contributed by atoms with Gasteiger partial charge in [-0.15, -0.1) is 6.42 Å². The lowest BCUT2D eigenvalue weighted by Gasteiger charge is -2.18. The van der Waals surface area contributed by atoms with Gasteiger partial charge in [-0.2, -0.15) is 0 Å². The topological polar surface area (TPSA) is 101 Å². The molecule has 3 rings (SSSR count). The van der Waals surface area contributed by atoms with Crippen molar-refractivity contribution in [1.29, 1.82) is 0 Å². The van der Waals surface area contributed by atoms with E-state index in [1.807, 2.05) is 18.2 Å². The molecule has 6 heteroatoms. The van der Waals surface area contributed by atoms with Gasteiger partial charge in [0.25, 0.3) is 5.91 Å². The number of primary amides is 1. The zero-order valence-electron chi connectivity index (χ0n) is 15.0. The van der Waals surface area contributed by atoms with Crippen LogP contribution in [0.2, 0.25) is 0 Å². The van der Waals surface area contributed by atoms with Crippen molar-refractivity contribution < 1.29 is 9.59 Å². The van der Waals surface area contributed by atoms with Gasteiger partial charge in [-0.3, -0.25) is 9.59 Å². The number of benzene rings is 1. The Balaban J connectivity index is 1.88. The van der Waals surface area contributed by atoms with Crippen molar-refractivity contribution in [2.24, 2.45) is 5.73 Å². The van der Waals surface area contributed by atoms with Crippen LogP contribution in [-0.2, 0) is 11.2 Å². The predicted molar refractivity (Wildman–Crippen MR) is 105 cm³/mol. The molecular formula is C21H22N4O2. The fourth-order valence-corrected chi connectivity index (χ4v) is 3.17. The normalized spacial score (nSPS) is 13.5. The molecule has 0 fully saturated rings. The summed E-state index contributed by atoms with van der Waals surface area (Å²) in [7, 11) is 0. The minimum Gasteiger partial charge on any atom is -0.370 e. The van der Waals surface area contributed by atoms with E-state index in [0.29, 0.717) is 18.5 Å². The Kier molecular flexibility index (Phi) is 5.72. The third-order valence-corrected chi connectivity index (χ3v) is 4.57. The van der Waals surface area contributed by atoms with Crippen molar-refractivity contribution in [2.75, 3.05) is 5.32 Å². The number of nitrogens with two attached hydrogens (primary N) is 1. The third kappa shape index (κ3) is 4.64. The van der Waals surface area contributed by atoms with Crippen LogP contribution in [0.3, 0.4) is 0 Å². The Morgan fingerprint density at radius 1 is 1.33 bits per heavy atom. The van der Waals surface area contributed by atoms with E-state index in [2.05, 4.69) is 27.3 Å². The summed E-state index contributed by atoms with van der Waals surface area (Å²) in [6.07, 6.45) is 14.2. The summed E-state index contributed by atoms with van der Waals surface area (Å²) in [6.45, 7) is 0. The highest BCUT2D eigenvalue weighted by Crippen LogP contribution is 2.33. The molecule has 0 aliphatic heterocycles. The average Bonchev–Trinajstić information content (AvgIpc) is 3.17. The minimum atomic E-state index is -0.348. The first kappa shape index (κ1) is 18.5. The molecule has 2 aromatic rings. The van der Waals surface area contributed by atoms with Crippen LogP contribution in [0.25, 0.3) is 5.57 Å². The molecule has 2 amide bonds. The number of terminal acetylenes is 1. The van der Waals surface area contributed by atoms with Gasteiger partial charge in [0.2, 0.25) is 5.91 Å². The molecule has 0 bridgehead atoms. The number of anilines is 1. The highest BCUT2D eigenvalue weighted by molar-refractivity contribution is 6.03. The molecule has 0 spiro atoms. The first-order chi connectivity index (χ1) is 13.1. The summed E-state index contributed by atoms with van der Waals surface area (Å²) < 4.78 is 0. The van der Waals surface area contributed by atoms with Crippen LogP contribution in [0.4, 0.5) is 5.69 Å². The Morgan fingerprint density at radius 2 is 2.19 bits per heavy atom. The number of hydrogen-bond donors (Lipinski definition) is 3. The predicted octanol–water partition coefficient (Wildman–Crippen LogP) is 3.02. The SMILES string of the molecule is C#Cc1c[nH]c(C(=O)Nc2ccc(CCC(N)=O)cc2C2=CCCCC2)n1. The highest BCUT2D eigenvalue weighted by Gasteiger charge is 2.16. The molecule has 1 aromatic heterocycles. The van der Waals surface area contributed by atoms with Gasteiger partial charge in [-0.05, 0) is 61.3 Å². The summed E-state index contributed by atoms with van der Waals surface area (Å²) in [4.78, 5) is 30.5. The third-order valence-electron chi connectivity index (χ3n) is 4.57. The van der Waals surface area contributed by atoms with Gasteiger partial charge in [0.15, 0.2) is 5.82 Å². The number of rotatable bonds is 6. The van der Waals surface area contributed by atoms with E-state index in [1.54, 1.807) is 0 Å². The maximum absolute atomic E-state index is 12.5. The molecule has 0 unspecified atom stereocenters. The van der Waals surface area contributed by atoms with E-state index in [-0.39, 0.29) is 17.6 Å². The summed E-state index contributed by atoms with van der Waals surface area (Å²) in [5.41, 5.74) is 9.57. The smallest absolute Gasteiger partial charge is 0.291 e. The Hall–Kier alpha value is -3.33. The quantitative estimate of drug-likeness (QED) is 0.689. The first-order valence-electron chi connectivity index (χ1n) is 9.01. The average molecular weight is 362 g/mol. The molecule has 0 saturated carbocycles. The van der Waals surface area contributed by atoms with Crippen LogP contribution < -0.4 is 11.1 Å². The maximum Gasteiger partial charge on any atom is 0.291 e. The summed E-state index contributed by atoms with van der Waals surface area (Å²) >= 11 is 0. The fraction of sp³-hybridized carbons (Fsp3) is 0.286. The van der Waals surface area contributed by atoms with Gasteiger partial charge in [-0.25, -0.2) is 4.98 Å². The second-order valence-electron chi connectivity index (χ2n) is 6.55. The van der Waals surface area contributed by atoms with Crippen molar-refractivity contribution in [3.8, 4) is 12.3 Å². The second kappa shape index (κ2) is 8.37. The lowest BCUT2D eigenvalue weighted by molar-refractivity contribution is -0.117. The molecule has 1 heterocycles. The zero-order valence-corrected chi connectivity index (χ0v) is 15.0. The number of amides is 2. The maximum atomic E-state index is 12.5. The van der Waals surface area contributed by atoms with E-state index in [1.165, 1.54) is 18.2 Å². The summed E-state index contributed by atoms with van der Waals surface area (Å²) in [5, 5.41) is 2.92. The van der Waals surface area contributed by atoms with Crippen molar-refractivity contribution in [3.05, 3.63) is 53.1 Å². The summed E-state index contributed by atoms with van der Waals surface area (Å²) in [6, 6.07) is 5.80. The fourth-order valence-electron chi connectivity index (χ4n) is 3.17. The highest BCUT2D eigenvalue weighted by atomic mass is 16.2. The van der Waals surface area contributed by atoms with Crippen LogP contribution in [0, 0.1) is 12.3 Å². The monoisotopic (exact) mass is 362 g/mol. The van der Waals surface area contributed by atoms with Crippen LogP contribution in [0.15, 0.2) is 30.5 Å². The molecule has 27 heavy (non-hydrogen) atoms. The Labute approximate surface area is 158 Å². The number of nitrogens with one attached hydrogen (secondary N) is 2. The largest absolute Gasteiger partial charge is 0.370 e. The molecule has 0 saturated heterocycles. The van der Waals surface area contributed by atoms with E-state index >= 15 is 0 Å². The van der Waals surface area contributed by atoms with Crippen molar-refractivity contribution >= 4 is 23.1 Å². The minimum absolute atomic E-state index is 0.171. The van der Waals surface area contributed by atoms with Gasteiger partial charge < -0.3 is 16.0 Å². The Bertz CT molecular complexity index is 934. The molecule has 138 valence electrons. The number of aromatic amines is 1. The molecule has 0 atom stereocenters. The number of aromatic nitrogens is 2. The first-order valence-corrected chi connectivity index (χ1v) is 9.01. The number of allylic oxidation sites excluding steroid dienone is 2. The van der Waals surface area contributed by atoms with Gasteiger partial charge in [-0.1, -0.05) is 12.1 Å². The van der Waals surface area contributed by atoms with Crippen LogP contribution >= 0.6 is 0 Å². The zero-order chi connectivity index (χ0) is 19.2. The number of carbonyl (C=O) groups excluding carboxylic acids is 2. The number of carbonyl (C=O) groups is 2. The molecule has 0 radical (unpaired) electrons. The van der Waals surface area contributed by atoms with Crippen molar-refractivity contribution in [3.63, 3.8) is 0 Å². The van der Waals surface area contributed by atoms with Gasteiger partial charge in [0, 0.05) is 23.9 Å². The van der Waals surface area contributed by atoms with Crippen molar-refractivity contribution in [1.82, 2.24) is 9.97 Å². The lowest BCUT2D eigenvalue weighted by Crippen LogP contribution is -2.15. The molecule has 1 aliphatic carbocycles. The van der Waals surface area contributed by atoms with Gasteiger partial charge >= 0.3 is 0 Å². The van der Waals surface area contributed by atoms with Crippen LogP contribution in [-0.4, -0.2) is 21.8 Å². The number of hydrogen-bond acceptors (Lipinski definition) is 3.